The van der Waals surface area contributed by atoms with Gasteiger partial charge in [0.15, 0.2) is 0 Å². The van der Waals surface area contributed by atoms with E-state index >= 15 is 0 Å². The second-order valence-electron chi connectivity index (χ2n) is 10.4. The number of carbonyl (C=O) groups excluding carboxylic acids is 1. The van der Waals surface area contributed by atoms with Crippen molar-refractivity contribution in [1.29, 1.82) is 0 Å². The summed E-state index contributed by atoms with van der Waals surface area (Å²) in [5, 5.41) is 3.06. The minimum atomic E-state index is -3.67. The summed E-state index contributed by atoms with van der Waals surface area (Å²) in [6.45, 7) is 7.14. The lowest BCUT2D eigenvalue weighted by Crippen LogP contribution is -2.49. The van der Waals surface area contributed by atoms with Crippen LogP contribution in [0.2, 0.25) is 0 Å². The molecule has 0 saturated carbocycles. The topological polar surface area (TPSA) is 94.1 Å². The van der Waals surface area contributed by atoms with E-state index in [9.17, 15) is 13.2 Å². The van der Waals surface area contributed by atoms with Gasteiger partial charge in [-0.15, -0.1) is 0 Å². The van der Waals surface area contributed by atoms with Gasteiger partial charge < -0.3 is 15.1 Å². The fraction of sp³-hybridized carbons (Fsp3) is 0.355. The van der Waals surface area contributed by atoms with Crippen molar-refractivity contribution in [3.05, 3.63) is 89.5 Å². The van der Waals surface area contributed by atoms with Gasteiger partial charge in [-0.25, -0.2) is 13.4 Å². The van der Waals surface area contributed by atoms with Crippen molar-refractivity contribution in [2.24, 2.45) is 4.99 Å². The zero-order chi connectivity index (χ0) is 28.1. The maximum Gasteiger partial charge on any atom is 0.261 e. The summed E-state index contributed by atoms with van der Waals surface area (Å²) >= 11 is 0. The van der Waals surface area contributed by atoms with E-state index in [1.165, 1.54) is 6.42 Å². The van der Waals surface area contributed by atoms with Crippen molar-refractivity contribution in [3.63, 3.8) is 0 Å². The SMILES string of the molecule is CCN1C(N2CCCCC2)=Nc2ccccc2C1CC(=O)NCc1ccc(NS(=O)(=O)c2ccc(C)cc2)cc1. The Morgan fingerprint density at radius 3 is 2.35 bits per heavy atom. The van der Waals surface area contributed by atoms with E-state index in [-0.39, 0.29) is 16.8 Å². The fourth-order valence-electron chi connectivity index (χ4n) is 5.35. The molecule has 0 spiro atoms. The summed E-state index contributed by atoms with van der Waals surface area (Å²) in [4.78, 5) is 23.1. The molecule has 1 amide bonds. The van der Waals surface area contributed by atoms with Crippen molar-refractivity contribution < 1.29 is 13.2 Å². The van der Waals surface area contributed by atoms with Gasteiger partial charge in [0.05, 0.1) is 23.0 Å². The number of guanidine groups is 1. The number of hydrogen-bond acceptors (Lipinski definition) is 6. The standard InChI is InChI=1S/C31H37N5O3S/c1-3-36-29(27-9-5-6-10-28(27)33-31(36)35-19-7-4-8-20-35)21-30(37)32-22-24-13-15-25(16-14-24)34-40(38,39)26-17-11-23(2)12-18-26/h5-6,9-18,29,34H,3-4,7-8,19-22H2,1-2H3,(H,32,37). The van der Waals surface area contributed by atoms with Crippen LogP contribution in [0.4, 0.5) is 11.4 Å². The van der Waals surface area contributed by atoms with Crippen LogP contribution in [0.25, 0.3) is 0 Å². The van der Waals surface area contributed by atoms with Crippen LogP contribution in [-0.2, 0) is 21.4 Å². The number of rotatable bonds is 8. The van der Waals surface area contributed by atoms with Gasteiger partial charge in [-0.2, -0.15) is 0 Å². The molecule has 1 fully saturated rings. The lowest BCUT2D eigenvalue weighted by Gasteiger charge is -2.43. The summed E-state index contributed by atoms with van der Waals surface area (Å²) < 4.78 is 28.0. The van der Waals surface area contributed by atoms with Crippen molar-refractivity contribution in [2.75, 3.05) is 24.4 Å². The van der Waals surface area contributed by atoms with E-state index in [1.54, 1.807) is 36.4 Å². The number of likely N-dealkylation sites (tertiary alicyclic amines) is 1. The second-order valence-corrected chi connectivity index (χ2v) is 12.1. The largest absolute Gasteiger partial charge is 0.352 e. The van der Waals surface area contributed by atoms with Crippen LogP contribution in [0, 0.1) is 6.92 Å². The molecule has 1 unspecified atom stereocenters. The molecule has 2 N–H and O–H groups in total. The number of aryl methyl sites for hydroxylation is 1. The van der Waals surface area contributed by atoms with E-state index in [4.69, 9.17) is 4.99 Å². The van der Waals surface area contributed by atoms with Gasteiger partial charge in [0.1, 0.15) is 0 Å². The first-order chi connectivity index (χ1) is 19.3. The molecule has 9 heteroatoms. The molecule has 3 aromatic rings. The van der Waals surface area contributed by atoms with Crippen LogP contribution in [0.5, 0.6) is 0 Å². The number of anilines is 1. The summed E-state index contributed by atoms with van der Waals surface area (Å²) in [7, 11) is -3.67. The Hall–Kier alpha value is -3.85. The van der Waals surface area contributed by atoms with Gasteiger partial charge >= 0.3 is 0 Å². The average molecular weight is 560 g/mol. The number of amides is 1. The van der Waals surface area contributed by atoms with Gasteiger partial charge in [0.25, 0.3) is 10.0 Å². The van der Waals surface area contributed by atoms with Gasteiger partial charge in [0.2, 0.25) is 11.9 Å². The van der Waals surface area contributed by atoms with E-state index in [0.717, 1.165) is 60.8 Å². The zero-order valence-corrected chi connectivity index (χ0v) is 24.0. The molecule has 3 aromatic carbocycles. The number of carbonyl (C=O) groups is 1. The van der Waals surface area contributed by atoms with Gasteiger partial charge in [-0.1, -0.05) is 48.0 Å². The van der Waals surface area contributed by atoms with Crippen molar-refractivity contribution in [2.45, 2.75) is 57.0 Å². The molecule has 0 bridgehead atoms. The zero-order valence-electron chi connectivity index (χ0n) is 23.1. The molecule has 2 aliphatic heterocycles. The van der Waals surface area contributed by atoms with Crippen LogP contribution in [0.15, 0.2) is 82.7 Å². The minimum Gasteiger partial charge on any atom is -0.352 e. The smallest absolute Gasteiger partial charge is 0.261 e. The maximum atomic E-state index is 13.2. The van der Waals surface area contributed by atoms with E-state index in [2.05, 4.69) is 32.8 Å². The Kier molecular flexibility index (Phi) is 8.40. The Balaban J connectivity index is 1.22. The number of sulfonamides is 1. The monoisotopic (exact) mass is 559 g/mol. The first kappa shape index (κ1) is 27.7. The lowest BCUT2D eigenvalue weighted by atomic mass is 9.97. The Morgan fingerprint density at radius 1 is 0.950 bits per heavy atom. The van der Waals surface area contributed by atoms with Crippen molar-refractivity contribution in [3.8, 4) is 0 Å². The van der Waals surface area contributed by atoms with Crippen LogP contribution in [0.3, 0.4) is 0 Å². The van der Waals surface area contributed by atoms with Crippen LogP contribution < -0.4 is 10.0 Å². The lowest BCUT2D eigenvalue weighted by molar-refractivity contribution is -0.122. The predicted octanol–water partition coefficient (Wildman–Crippen LogP) is 5.35. The molecular formula is C31H37N5O3S. The third-order valence-corrected chi connectivity index (χ3v) is 8.93. The molecule has 0 radical (unpaired) electrons. The van der Waals surface area contributed by atoms with Crippen LogP contribution in [-0.4, -0.2) is 49.7 Å². The summed E-state index contributed by atoms with van der Waals surface area (Å²) in [6, 6.07) is 21.8. The molecule has 8 nitrogen and oxygen atoms in total. The Labute approximate surface area is 237 Å². The number of nitrogens with zero attached hydrogens (tertiary/aromatic N) is 3. The van der Waals surface area contributed by atoms with Crippen LogP contribution >= 0.6 is 0 Å². The number of para-hydroxylation sites is 1. The fourth-order valence-corrected chi connectivity index (χ4v) is 6.41. The quantitative estimate of drug-likeness (QED) is 0.388. The molecular weight excluding hydrogens is 522 g/mol. The molecule has 0 aliphatic carbocycles. The average Bonchev–Trinajstić information content (AvgIpc) is 2.97. The summed E-state index contributed by atoms with van der Waals surface area (Å²) in [6.07, 6.45) is 3.90. The third-order valence-electron chi connectivity index (χ3n) is 7.53. The highest BCUT2D eigenvalue weighted by Crippen LogP contribution is 2.37. The Bertz CT molecular complexity index is 1460. The number of hydrogen-bond donors (Lipinski definition) is 2. The number of aliphatic imine (C=N–C) groups is 1. The Morgan fingerprint density at radius 2 is 1.65 bits per heavy atom. The second kappa shape index (κ2) is 12.1. The van der Waals surface area contributed by atoms with Gasteiger partial charge in [-0.3, -0.25) is 9.52 Å². The van der Waals surface area contributed by atoms with Crippen molar-refractivity contribution in [1.82, 2.24) is 15.1 Å². The highest BCUT2D eigenvalue weighted by Gasteiger charge is 2.33. The summed E-state index contributed by atoms with van der Waals surface area (Å²) in [5.74, 6) is 0.935. The third kappa shape index (κ3) is 6.31. The highest BCUT2D eigenvalue weighted by atomic mass is 32.2. The minimum absolute atomic E-state index is 0.0395. The van der Waals surface area contributed by atoms with E-state index < -0.39 is 10.0 Å². The number of piperidine rings is 1. The number of benzene rings is 3. The molecule has 0 aromatic heterocycles. The van der Waals surface area contributed by atoms with Crippen molar-refractivity contribution >= 4 is 33.3 Å². The molecule has 2 aliphatic rings. The first-order valence-corrected chi connectivity index (χ1v) is 15.5. The number of fused-ring (bicyclic) bond motifs is 1. The molecule has 1 saturated heterocycles. The summed E-state index contributed by atoms with van der Waals surface area (Å²) in [5.41, 5.74) is 4.37. The molecule has 1 atom stereocenters. The van der Waals surface area contributed by atoms with E-state index in [1.807, 2.05) is 37.3 Å². The van der Waals surface area contributed by atoms with Gasteiger partial charge in [0, 0.05) is 37.4 Å². The molecule has 210 valence electrons. The van der Waals surface area contributed by atoms with Crippen LogP contribution in [0.1, 0.15) is 55.3 Å². The highest BCUT2D eigenvalue weighted by molar-refractivity contribution is 7.92. The maximum absolute atomic E-state index is 13.2. The number of nitrogens with one attached hydrogen (secondary N) is 2. The van der Waals surface area contributed by atoms with E-state index in [0.29, 0.717) is 18.7 Å². The molecule has 40 heavy (non-hydrogen) atoms. The molecule has 2 heterocycles. The predicted molar refractivity (Wildman–Crippen MR) is 159 cm³/mol. The first-order valence-electron chi connectivity index (χ1n) is 14.0. The van der Waals surface area contributed by atoms with Gasteiger partial charge in [-0.05, 0) is 69.0 Å². The normalized spacial score (nSPS) is 17.1. The molecule has 5 rings (SSSR count).